The molecule has 0 spiro atoms. The minimum atomic E-state index is -3.66. The Balaban J connectivity index is 1.44. The van der Waals surface area contributed by atoms with Crippen molar-refractivity contribution in [2.75, 3.05) is 20.2 Å². The summed E-state index contributed by atoms with van der Waals surface area (Å²) in [6, 6.07) is 12.7. The summed E-state index contributed by atoms with van der Waals surface area (Å²) in [4.78, 5) is 15.0. The first kappa shape index (κ1) is 20.4. The third-order valence-corrected chi connectivity index (χ3v) is 6.97. The van der Waals surface area contributed by atoms with Gasteiger partial charge in [0.2, 0.25) is 5.91 Å². The monoisotopic (exact) mass is 427 g/mol. The zero-order valence-corrected chi connectivity index (χ0v) is 17.9. The van der Waals surface area contributed by atoms with Crippen molar-refractivity contribution in [1.82, 2.24) is 10.2 Å². The molecule has 2 heterocycles. The van der Waals surface area contributed by atoms with E-state index in [1.165, 1.54) is 0 Å². The molecule has 2 aromatic carbocycles. The summed E-state index contributed by atoms with van der Waals surface area (Å²) < 4.78 is 34.0. The summed E-state index contributed by atoms with van der Waals surface area (Å²) in [5.41, 5.74) is 2.63. The lowest BCUT2D eigenvalue weighted by Gasteiger charge is -2.33. The Bertz CT molecular complexity index is 1110. The molecule has 1 N–H and O–H groups in total. The number of hydrogen-bond acceptors (Lipinski definition) is 5. The summed E-state index contributed by atoms with van der Waals surface area (Å²) in [7, 11) is -2.03. The number of methoxy groups -OCH3 is 1. The molecule has 0 radical (unpaired) electrons. The van der Waals surface area contributed by atoms with Gasteiger partial charge in [0.05, 0.1) is 13.0 Å². The topological polar surface area (TPSA) is 88.1 Å². The number of benzene rings is 2. The zero-order chi connectivity index (χ0) is 21.3. The van der Waals surface area contributed by atoms with E-state index in [4.69, 9.17) is 4.74 Å². The van der Waals surface area contributed by atoms with Crippen LogP contribution in [0.3, 0.4) is 0 Å². The van der Waals surface area contributed by atoms with Crippen molar-refractivity contribution in [3.8, 4) is 5.75 Å². The second-order valence-electron chi connectivity index (χ2n) is 7.69. The fourth-order valence-corrected chi connectivity index (χ4v) is 5.24. The highest BCUT2D eigenvalue weighted by molar-refractivity contribution is 7.90. The molecule has 1 unspecified atom stereocenters. The highest BCUT2D eigenvalue weighted by Crippen LogP contribution is 2.29. The number of amidine groups is 1. The standard InChI is InChI=1S/C22H25N3O4S/c1-15-9-10-16(12-19(15)29-2)13-23-22(26)17-6-5-11-25(14-17)21-18-7-3-4-8-20(18)30(27,28)24-21/h3-4,7-10,12,17H,5-6,11,13-14H2,1-2H3,(H,23,26). The zero-order valence-electron chi connectivity index (χ0n) is 17.1. The van der Waals surface area contributed by atoms with Gasteiger partial charge in [-0.2, -0.15) is 8.42 Å². The van der Waals surface area contributed by atoms with Gasteiger partial charge in [0.1, 0.15) is 10.6 Å². The Morgan fingerprint density at radius 3 is 2.87 bits per heavy atom. The van der Waals surface area contributed by atoms with Crippen molar-refractivity contribution in [3.63, 3.8) is 0 Å². The molecule has 158 valence electrons. The number of amides is 1. The quantitative estimate of drug-likeness (QED) is 0.810. The van der Waals surface area contributed by atoms with Crippen LogP contribution in [0, 0.1) is 12.8 Å². The van der Waals surface area contributed by atoms with Crippen molar-refractivity contribution < 1.29 is 17.9 Å². The number of rotatable bonds is 4. The molecule has 8 heteroatoms. The van der Waals surface area contributed by atoms with E-state index in [0.717, 1.165) is 29.7 Å². The SMILES string of the molecule is COc1cc(CNC(=O)C2CCCN(C3=NS(=O)(=O)c4ccccc43)C2)ccc1C. The Hall–Kier alpha value is -2.87. The third-order valence-electron chi connectivity index (χ3n) is 5.64. The van der Waals surface area contributed by atoms with E-state index >= 15 is 0 Å². The molecule has 2 aromatic rings. The molecule has 1 atom stereocenters. The molecular weight excluding hydrogens is 402 g/mol. The van der Waals surface area contributed by atoms with Gasteiger partial charge in [0.25, 0.3) is 10.0 Å². The minimum absolute atomic E-state index is 0.0334. The number of nitrogens with one attached hydrogen (secondary N) is 1. The Labute approximate surface area is 176 Å². The van der Waals surface area contributed by atoms with Crippen molar-refractivity contribution in [2.45, 2.75) is 31.2 Å². The van der Waals surface area contributed by atoms with Gasteiger partial charge in [0.15, 0.2) is 5.84 Å². The molecule has 0 aromatic heterocycles. The Kier molecular flexibility index (Phi) is 5.51. The van der Waals surface area contributed by atoms with Gasteiger partial charge in [-0.3, -0.25) is 4.79 Å². The van der Waals surface area contributed by atoms with Crippen LogP contribution in [-0.2, 0) is 21.4 Å². The molecule has 4 rings (SSSR count). The molecular formula is C22H25N3O4S. The Morgan fingerprint density at radius 1 is 1.27 bits per heavy atom. The average molecular weight is 428 g/mol. The van der Waals surface area contributed by atoms with Gasteiger partial charge in [-0.05, 0) is 49.1 Å². The van der Waals surface area contributed by atoms with Crippen molar-refractivity contribution >= 4 is 21.8 Å². The van der Waals surface area contributed by atoms with E-state index in [0.29, 0.717) is 31.0 Å². The third kappa shape index (κ3) is 3.92. The van der Waals surface area contributed by atoms with Crippen LogP contribution in [0.1, 0.15) is 29.5 Å². The first-order valence-corrected chi connectivity index (χ1v) is 11.4. The maximum atomic E-state index is 12.8. The van der Waals surface area contributed by atoms with Crippen LogP contribution < -0.4 is 10.1 Å². The number of fused-ring (bicyclic) bond motifs is 1. The van der Waals surface area contributed by atoms with E-state index < -0.39 is 10.0 Å². The average Bonchev–Trinajstić information content (AvgIpc) is 3.04. The molecule has 1 amide bonds. The van der Waals surface area contributed by atoms with Crippen molar-refractivity contribution in [2.24, 2.45) is 10.3 Å². The lowest BCUT2D eigenvalue weighted by molar-refractivity contribution is -0.126. The van der Waals surface area contributed by atoms with Gasteiger partial charge < -0.3 is 15.0 Å². The maximum Gasteiger partial charge on any atom is 0.285 e. The van der Waals surface area contributed by atoms with E-state index in [-0.39, 0.29) is 16.7 Å². The van der Waals surface area contributed by atoms with Crippen molar-refractivity contribution in [1.29, 1.82) is 0 Å². The summed E-state index contributed by atoms with van der Waals surface area (Å²) in [6.45, 7) is 3.53. The Morgan fingerprint density at radius 2 is 2.07 bits per heavy atom. The van der Waals surface area contributed by atoms with E-state index in [2.05, 4.69) is 9.71 Å². The highest BCUT2D eigenvalue weighted by atomic mass is 32.2. The molecule has 7 nitrogen and oxygen atoms in total. The second kappa shape index (κ2) is 8.10. The number of carbonyl (C=O) groups is 1. The number of likely N-dealkylation sites (tertiary alicyclic amines) is 1. The van der Waals surface area contributed by atoms with E-state index in [1.807, 2.05) is 30.0 Å². The van der Waals surface area contributed by atoms with Crippen LogP contribution in [-0.4, -0.2) is 45.3 Å². The van der Waals surface area contributed by atoms with Gasteiger partial charge >= 0.3 is 0 Å². The van der Waals surface area contributed by atoms with Crippen LogP contribution in [0.25, 0.3) is 0 Å². The summed E-state index contributed by atoms with van der Waals surface area (Å²) >= 11 is 0. The maximum absolute atomic E-state index is 12.8. The number of aryl methyl sites for hydroxylation is 1. The van der Waals surface area contributed by atoms with Gasteiger partial charge in [-0.15, -0.1) is 4.40 Å². The van der Waals surface area contributed by atoms with Crippen molar-refractivity contribution in [3.05, 3.63) is 59.2 Å². The lowest BCUT2D eigenvalue weighted by atomic mass is 9.96. The molecule has 1 fully saturated rings. The summed E-state index contributed by atoms with van der Waals surface area (Å²) in [6.07, 6.45) is 1.57. The van der Waals surface area contributed by atoms with Crippen LogP contribution in [0.2, 0.25) is 0 Å². The number of carbonyl (C=O) groups excluding carboxylic acids is 1. The predicted molar refractivity (Wildman–Crippen MR) is 114 cm³/mol. The fourth-order valence-electron chi connectivity index (χ4n) is 4.01. The fraction of sp³-hybridized carbons (Fsp3) is 0.364. The van der Waals surface area contributed by atoms with Crippen LogP contribution >= 0.6 is 0 Å². The number of ether oxygens (including phenoxy) is 1. The predicted octanol–water partition coefficient (Wildman–Crippen LogP) is 2.48. The smallest absolute Gasteiger partial charge is 0.285 e. The minimum Gasteiger partial charge on any atom is -0.496 e. The second-order valence-corrected chi connectivity index (χ2v) is 9.27. The number of nitrogens with zero attached hydrogens (tertiary/aromatic N) is 2. The summed E-state index contributed by atoms with van der Waals surface area (Å²) in [5, 5.41) is 3.01. The first-order valence-electron chi connectivity index (χ1n) is 9.99. The number of hydrogen-bond donors (Lipinski definition) is 1. The molecule has 2 aliphatic heterocycles. The molecule has 1 saturated heterocycles. The molecule has 2 aliphatic rings. The van der Waals surface area contributed by atoms with E-state index in [1.54, 1.807) is 31.4 Å². The van der Waals surface area contributed by atoms with Gasteiger partial charge in [0, 0.05) is 25.2 Å². The molecule has 0 bridgehead atoms. The van der Waals surface area contributed by atoms with Gasteiger partial charge in [-0.25, -0.2) is 0 Å². The van der Waals surface area contributed by atoms with Crippen LogP contribution in [0.15, 0.2) is 51.8 Å². The summed E-state index contributed by atoms with van der Waals surface area (Å²) in [5.74, 6) is 0.995. The lowest BCUT2D eigenvalue weighted by Crippen LogP contribution is -2.45. The van der Waals surface area contributed by atoms with Gasteiger partial charge in [-0.1, -0.05) is 24.3 Å². The normalized spacial score (nSPS) is 19.7. The number of sulfonamides is 1. The molecule has 30 heavy (non-hydrogen) atoms. The largest absolute Gasteiger partial charge is 0.496 e. The van der Waals surface area contributed by atoms with Crippen LogP contribution in [0.5, 0.6) is 5.75 Å². The molecule has 0 aliphatic carbocycles. The van der Waals surface area contributed by atoms with Crippen LogP contribution in [0.4, 0.5) is 0 Å². The highest BCUT2D eigenvalue weighted by Gasteiger charge is 2.35. The first-order chi connectivity index (χ1) is 14.4. The number of piperidine rings is 1. The van der Waals surface area contributed by atoms with E-state index in [9.17, 15) is 13.2 Å². The molecule has 0 saturated carbocycles.